The van der Waals surface area contributed by atoms with E-state index < -0.39 is 0 Å². The molecule has 1 N–H and O–H groups in total. The van der Waals surface area contributed by atoms with E-state index in [-0.39, 0.29) is 5.41 Å². The zero-order chi connectivity index (χ0) is 12.7. The number of benzene rings is 1. The molecule has 1 unspecified atom stereocenters. The number of nitrogens with one attached hydrogen (secondary N) is 1. The molecule has 17 heavy (non-hydrogen) atoms. The fraction of sp³-hybridized carbons (Fsp3) is 0.500. The molecule has 0 heterocycles. The summed E-state index contributed by atoms with van der Waals surface area (Å²) in [6, 6.07) is 11.2. The molecule has 0 aliphatic carbocycles. The molecule has 0 spiro atoms. The lowest BCUT2D eigenvalue weighted by Gasteiger charge is -2.27. The second kappa shape index (κ2) is 6.61. The summed E-state index contributed by atoms with van der Waals surface area (Å²) in [5.74, 6) is 0. The molecule has 1 aromatic rings. The summed E-state index contributed by atoms with van der Waals surface area (Å²) in [4.78, 5) is 0. The molecule has 1 nitrogen and oxygen atoms in total. The minimum absolute atomic E-state index is 0.184. The van der Waals surface area contributed by atoms with Gasteiger partial charge in [-0.05, 0) is 25.3 Å². The Balaban J connectivity index is 2.47. The first kappa shape index (κ1) is 14.0. The van der Waals surface area contributed by atoms with Crippen molar-refractivity contribution in [3.8, 4) is 0 Å². The van der Waals surface area contributed by atoms with Crippen molar-refractivity contribution in [2.75, 3.05) is 6.54 Å². The van der Waals surface area contributed by atoms with E-state index in [2.05, 4.69) is 63.0 Å². The molecule has 0 bridgehead atoms. The summed E-state index contributed by atoms with van der Waals surface area (Å²) in [5.41, 5.74) is 1.58. The third kappa shape index (κ3) is 4.74. The number of allylic oxidation sites excluding steroid dienone is 1. The maximum absolute atomic E-state index is 3.76. The maximum atomic E-state index is 3.76. The molecular formula is C16H25N. The highest BCUT2D eigenvalue weighted by molar-refractivity contribution is 5.23. The van der Waals surface area contributed by atoms with Crippen molar-refractivity contribution >= 4 is 0 Å². The SMILES string of the molecule is C=CCCC(C)NCC(C)(C)c1ccccc1. The predicted octanol–water partition coefficient (Wildman–Crippen LogP) is 3.91. The quantitative estimate of drug-likeness (QED) is 0.702. The molecule has 0 aliphatic rings. The van der Waals surface area contributed by atoms with Gasteiger partial charge in [0.25, 0.3) is 0 Å². The van der Waals surface area contributed by atoms with Crippen molar-refractivity contribution in [3.05, 3.63) is 48.6 Å². The van der Waals surface area contributed by atoms with E-state index in [1.54, 1.807) is 0 Å². The van der Waals surface area contributed by atoms with Crippen molar-refractivity contribution in [2.45, 2.75) is 45.1 Å². The smallest absolute Gasteiger partial charge is 0.00456 e. The van der Waals surface area contributed by atoms with Gasteiger partial charge in [-0.15, -0.1) is 6.58 Å². The molecule has 1 rings (SSSR count). The third-order valence-corrected chi connectivity index (χ3v) is 3.25. The molecule has 1 aromatic carbocycles. The standard InChI is InChI=1S/C16H25N/c1-5-6-10-14(2)17-13-16(3,4)15-11-8-7-9-12-15/h5,7-9,11-12,14,17H,1,6,10,13H2,2-4H3. The fourth-order valence-electron chi connectivity index (χ4n) is 1.89. The molecule has 0 fully saturated rings. The first-order chi connectivity index (χ1) is 8.06. The molecule has 1 heteroatoms. The third-order valence-electron chi connectivity index (χ3n) is 3.25. The summed E-state index contributed by atoms with van der Waals surface area (Å²) in [7, 11) is 0. The van der Waals surface area contributed by atoms with Gasteiger partial charge in [0.2, 0.25) is 0 Å². The highest BCUT2D eigenvalue weighted by Crippen LogP contribution is 2.21. The van der Waals surface area contributed by atoms with Crippen LogP contribution in [0.5, 0.6) is 0 Å². The van der Waals surface area contributed by atoms with Crippen LogP contribution in [0.2, 0.25) is 0 Å². The van der Waals surface area contributed by atoms with E-state index in [1.165, 1.54) is 5.56 Å². The lowest BCUT2D eigenvalue weighted by atomic mass is 9.84. The molecule has 0 aromatic heterocycles. The van der Waals surface area contributed by atoms with Crippen LogP contribution in [-0.2, 0) is 5.41 Å². The molecule has 94 valence electrons. The van der Waals surface area contributed by atoms with Crippen LogP contribution in [0.15, 0.2) is 43.0 Å². The van der Waals surface area contributed by atoms with Crippen LogP contribution in [0.4, 0.5) is 0 Å². The summed E-state index contributed by atoms with van der Waals surface area (Å²) in [6.45, 7) is 11.6. The average Bonchev–Trinajstić information content (AvgIpc) is 2.35. The van der Waals surface area contributed by atoms with Gasteiger partial charge in [0.15, 0.2) is 0 Å². The summed E-state index contributed by atoms with van der Waals surface area (Å²) >= 11 is 0. The van der Waals surface area contributed by atoms with Gasteiger partial charge in [-0.3, -0.25) is 0 Å². The van der Waals surface area contributed by atoms with Crippen LogP contribution in [0, 0.1) is 0 Å². The van der Waals surface area contributed by atoms with Crippen LogP contribution in [0.3, 0.4) is 0 Å². The molecule has 0 amide bonds. The van der Waals surface area contributed by atoms with Gasteiger partial charge >= 0.3 is 0 Å². The van der Waals surface area contributed by atoms with Gasteiger partial charge in [0.1, 0.15) is 0 Å². The zero-order valence-electron chi connectivity index (χ0n) is 11.4. The Morgan fingerprint density at radius 1 is 1.29 bits per heavy atom. The summed E-state index contributed by atoms with van der Waals surface area (Å²) < 4.78 is 0. The van der Waals surface area contributed by atoms with Gasteiger partial charge in [0.05, 0.1) is 0 Å². The average molecular weight is 231 g/mol. The normalized spacial score (nSPS) is 13.4. The largest absolute Gasteiger partial charge is 0.313 e. The van der Waals surface area contributed by atoms with Gasteiger partial charge in [-0.25, -0.2) is 0 Å². The van der Waals surface area contributed by atoms with Crippen molar-refractivity contribution < 1.29 is 0 Å². The minimum Gasteiger partial charge on any atom is -0.313 e. The van der Waals surface area contributed by atoms with E-state index in [4.69, 9.17) is 0 Å². The number of rotatable bonds is 7. The van der Waals surface area contributed by atoms with Gasteiger partial charge in [-0.1, -0.05) is 50.3 Å². The van der Waals surface area contributed by atoms with E-state index in [0.29, 0.717) is 6.04 Å². The Morgan fingerprint density at radius 2 is 1.94 bits per heavy atom. The highest BCUT2D eigenvalue weighted by Gasteiger charge is 2.20. The van der Waals surface area contributed by atoms with Crippen molar-refractivity contribution in [1.82, 2.24) is 5.32 Å². The van der Waals surface area contributed by atoms with Crippen LogP contribution in [-0.4, -0.2) is 12.6 Å². The Labute approximate surface area is 106 Å². The van der Waals surface area contributed by atoms with E-state index in [0.717, 1.165) is 19.4 Å². The van der Waals surface area contributed by atoms with Gasteiger partial charge in [-0.2, -0.15) is 0 Å². The van der Waals surface area contributed by atoms with E-state index in [9.17, 15) is 0 Å². The van der Waals surface area contributed by atoms with Gasteiger partial charge < -0.3 is 5.32 Å². The topological polar surface area (TPSA) is 12.0 Å². The van der Waals surface area contributed by atoms with Crippen LogP contribution in [0.25, 0.3) is 0 Å². The van der Waals surface area contributed by atoms with E-state index in [1.807, 2.05) is 6.08 Å². The zero-order valence-corrected chi connectivity index (χ0v) is 11.4. The monoisotopic (exact) mass is 231 g/mol. The fourth-order valence-corrected chi connectivity index (χ4v) is 1.89. The lowest BCUT2D eigenvalue weighted by molar-refractivity contribution is 0.418. The molecule has 1 atom stereocenters. The Kier molecular flexibility index (Phi) is 5.43. The van der Waals surface area contributed by atoms with E-state index >= 15 is 0 Å². The first-order valence-electron chi connectivity index (χ1n) is 6.46. The van der Waals surface area contributed by atoms with Crippen LogP contribution in [0.1, 0.15) is 39.2 Å². The summed E-state index contributed by atoms with van der Waals surface area (Å²) in [6.07, 6.45) is 4.23. The first-order valence-corrected chi connectivity index (χ1v) is 6.46. The Hall–Kier alpha value is -1.08. The number of hydrogen-bond acceptors (Lipinski definition) is 1. The molecule has 0 aliphatic heterocycles. The second-order valence-corrected chi connectivity index (χ2v) is 5.40. The van der Waals surface area contributed by atoms with Gasteiger partial charge in [0, 0.05) is 18.0 Å². The second-order valence-electron chi connectivity index (χ2n) is 5.40. The number of hydrogen-bond donors (Lipinski definition) is 1. The Bertz CT molecular complexity index is 327. The molecule has 0 radical (unpaired) electrons. The molecule has 0 saturated carbocycles. The van der Waals surface area contributed by atoms with Crippen molar-refractivity contribution in [2.24, 2.45) is 0 Å². The predicted molar refractivity (Wildman–Crippen MR) is 76.4 cm³/mol. The highest BCUT2D eigenvalue weighted by atomic mass is 14.9. The van der Waals surface area contributed by atoms with Crippen molar-refractivity contribution in [3.63, 3.8) is 0 Å². The maximum Gasteiger partial charge on any atom is 0.00456 e. The van der Waals surface area contributed by atoms with Crippen molar-refractivity contribution in [1.29, 1.82) is 0 Å². The minimum atomic E-state index is 0.184. The Morgan fingerprint density at radius 3 is 2.53 bits per heavy atom. The lowest BCUT2D eigenvalue weighted by Crippen LogP contribution is -2.37. The van der Waals surface area contributed by atoms with Crippen LogP contribution < -0.4 is 5.32 Å². The molecule has 0 saturated heterocycles. The molecular weight excluding hydrogens is 206 g/mol. The van der Waals surface area contributed by atoms with Crippen LogP contribution >= 0.6 is 0 Å². The summed E-state index contributed by atoms with van der Waals surface area (Å²) in [5, 5.41) is 3.61.